The fourth-order valence-electron chi connectivity index (χ4n) is 6.05. The van der Waals surface area contributed by atoms with Crippen molar-refractivity contribution in [2.75, 3.05) is 0 Å². The van der Waals surface area contributed by atoms with Gasteiger partial charge in [-0.3, -0.25) is 4.79 Å². The predicted molar refractivity (Wildman–Crippen MR) is 93.4 cm³/mol. The zero-order valence-electron chi connectivity index (χ0n) is 14.4. The fourth-order valence-corrected chi connectivity index (χ4v) is 6.05. The molecule has 3 atom stereocenters. The summed E-state index contributed by atoms with van der Waals surface area (Å²) in [6.07, 6.45) is 14.2. The number of Topliss-reactive ketones (excluding diaryl/α,β-unsaturated/α-hetero) is 1. The van der Waals surface area contributed by atoms with E-state index in [0.717, 1.165) is 25.7 Å². The SMILES string of the molecule is C#C[C@]1(C)CC[C@H]2c3ccc4c(c3CC[C@@]21CC)CCC(=O)C4. The van der Waals surface area contributed by atoms with Crippen molar-refractivity contribution in [1.29, 1.82) is 0 Å². The standard InChI is InChI=1S/C22H26O/c1-4-21(3)12-11-20-19-8-6-15-14-16(23)7-9-17(15)18(19)10-13-22(20,21)5-2/h1,6,8,20H,5,7,9-14H2,2-3H3/t20-,21+,22-/m0/s1. The van der Waals surface area contributed by atoms with Crippen LogP contribution in [0, 0.1) is 23.2 Å². The molecule has 23 heavy (non-hydrogen) atoms. The minimum Gasteiger partial charge on any atom is -0.299 e. The zero-order valence-corrected chi connectivity index (χ0v) is 14.4. The van der Waals surface area contributed by atoms with Crippen LogP contribution < -0.4 is 0 Å². The molecule has 0 amide bonds. The molecule has 0 unspecified atom stereocenters. The number of carbonyl (C=O) groups excluding carboxylic acids is 1. The molecule has 1 heteroatoms. The normalized spacial score (nSPS) is 35.2. The van der Waals surface area contributed by atoms with E-state index in [1.807, 2.05) is 0 Å². The van der Waals surface area contributed by atoms with Crippen molar-refractivity contribution in [3.05, 3.63) is 34.4 Å². The van der Waals surface area contributed by atoms with E-state index in [4.69, 9.17) is 6.42 Å². The molecule has 0 aliphatic heterocycles. The van der Waals surface area contributed by atoms with Gasteiger partial charge in [0.1, 0.15) is 5.78 Å². The van der Waals surface area contributed by atoms with Crippen molar-refractivity contribution in [2.24, 2.45) is 10.8 Å². The van der Waals surface area contributed by atoms with Crippen LogP contribution in [0.3, 0.4) is 0 Å². The van der Waals surface area contributed by atoms with Gasteiger partial charge in [0.15, 0.2) is 0 Å². The lowest BCUT2D eigenvalue weighted by Crippen LogP contribution is -2.41. The van der Waals surface area contributed by atoms with E-state index in [1.165, 1.54) is 30.4 Å². The van der Waals surface area contributed by atoms with Crippen molar-refractivity contribution in [1.82, 2.24) is 0 Å². The van der Waals surface area contributed by atoms with Crippen LogP contribution in [0.1, 0.15) is 74.1 Å². The van der Waals surface area contributed by atoms with Crippen LogP contribution in [0.2, 0.25) is 0 Å². The first-order chi connectivity index (χ1) is 11.0. The smallest absolute Gasteiger partial charge is 0.137 e. The number of rotatable bonds is 1. The van der Waals surface area contributed by atoms with Crippen LogP contribution in [0.5, 0.6) is 0 Å². The maximum absolute atomic E-state index is 11.8. The number of terminal acetylenes is 1. The molecule has 0 radical (unpaired) electrons. The lowest BCUT2D eigenvalue weighted by Gasteiger charge is -2.48. The van der Waals surface area contributed by atoms with E-state index in [2.05, 4.69) is 31.9 Å². The molecular formula is C22H26O. The Morgan fingerprint density at radius 2 is 2.04 bits per heavy atom. The van der Waals surface area contributed by atoms with Gasteiger partial charge in [0.25, 0.3) is 0 Å². The average Bonchev–Trinajstić information content (AvgIpc) is 2.88. The van der Waals surface area contributed by atoms with E-state index in [-0.39, 0.29) is 10.8 Å². The van der Waals surface area contributed by atoms with Crippen molar-refractivity contribution >= 4 is 5.78 Å². The number of hydrogen-bond acceptors (Lipinski definition) is 1. The molecule has 3 aliphatic carbocycles. The van der Waals surface area contributed by atoms with Crippen LogP contribution in [0.25, 0.3) is 0 Å². The Hall–Kier alpha value is -1.55. The van der Waals surface area contributed by atoms with Crippen LogP contribution in [0.4, 0.5) is 0 Å². The van der Waals surface area contributed by atoms with Gasteiger partial charge in [-0.15, -0.1) is 6.42 Å². The first-order valence-electron chi connectivity index (χ1n) is 9.17. The summed E-state index contributed by atoms with van der Waals surface area (Å²) >= 11 is 0. The third-order valence-electron chi connectivity index (χ3n) is 7.45. The van der Waals surface area contributed by atoms with Crippen LogP contribution >= 0.6 is 0 Å². The molecular weight excluding hydrogens is 280 g/mol. The second-order valence-electron chi connectivity index (χ2n) is 8.06. The van der Waals surface area contributed by atoms with Gasteiger partial charge in [0.05, 0.1) is 0 Å². The summed E-state index contributed by atoms with van der Waals surface area (Å²) in [7, 11) is 0. The van der Waals surface area contributed by atoms with Gasteiger partial charge in [-0.2, -0.15) is 0 Å². The van der Waals surface area contributed by atoms with Crippen LogP contribution in [0.15, 0.2) is 12.1 Å². The Labute approximate surface area is 139 Å². The van der Waals surface area contributed by atoms with Gasteiger partial charge in [-0.1, -0.05) is 25.0 Å². The highest BCUT2D eigenvalue weighted by atomic mass is 16.1. The van der Waals surface area contributed by atoms with Gasteiger partial charge in [-0.05, 0) is 79.0 Å². The van der Waals surface area contributed by atoms with Gasteiger partial charge >= 0.3 is 0 Å². The Morgan fingerprint density at radius 1 is 1.22 bits per heavy atom. The third-order valence-corrected chi connectivity index (χ3v) is 7.45. The summed E-state index contributed by atoms with van der Waals surface area (Å²) in [6, 6.07) is 4.58. The number of ketones is 1. The van der Waals surface area contributed by atoms with Crippen molar-refractivity contribution in [3.63, 3.8) is 0 Å². The maximum atomic E-state index is 11.8. The number of carbonyl (C=O) groups is 1. The van der Waals surface area contributed by atoms with E-state index >= 15 is 0 Å². The topological polar surface area (TPSA) is 17.1 Å². The molecule has 3 aliphatic rings. The molecule has 1 aromatic rings. The van der Waals surface area contributed by atoms with Crippen molar-refractivity contribution in [3.8, 4) is 12.3 Å². The second kappa shape index (κ2) is 4.97. The molecule has 1 aromatic carbocycles. The quantitative estimate of drug-likeness (QED) is 0.693. The largest absolute Gasteiger partial charge is 0.299 e. The summed E-state index contributed by atoms with van der Waals surface area (Å²) < 4.78 is 0. The predicted octanol–water partition coefficient (Wildman–Crippen LogP) is 4.60. The highest BCUT2D eigenvalue weighted by Gasteiger charge is 2.57. The molecule has 0 aromatic heterocycles. The van der Waals surface area contributed by atoms with E-state index < -0.39 is 0 Å². The number of fused-ring (bicyclic) bond motifs is 5. The Kier molecular flexibility index (Phi) is 3.24. The Bertz CT molecular complexity index is 722. The molecule has 0 spiro atoms. The Morgan fingerprint density at radius 3 is 2.78 bits per heavy atom. The molecule has 4 rings (SSSR count). The van der Waals surface area contributed by atoms with Crippen molar-refractivity contribution in [2.45, 2.75) is 71.1 Å². The first-order valence-corrected chi connectivity index (χ1v) is 9.17. The molecule has 1 fully saturated rings. The van der Waals surface area contributed by atoms with E-state index in [1.54, 1.807) is 11.1 Å². The molecule has 0 saturated heterocycles. The molecule has 1 nitrogen and oxygen atoms in total. The summed E-state index contributed by atoms with van der Waals surface area (Å²) in [5, 5.41) is 0. The number of benzene rings is 1. The third kappa shape index (κ3) is 1.84. The minimum atomic E-state index is 0.0377. The van der Waals surface area contributed by atoms with E-state index in [9.17, 15) is 4.79 Å². The molecule has 0 N–H and O–H groups in total. The van der Waals surface area contributed by atoms with Crippen LogP contribution in [-0.4, -0.2) is 5.78 Å². The second-order valence-corrected chi connectivity index (χ2v) is 8.06. The Balaban J connectivity index is 1.84. The maximum Gasteiger partial charge on any atom is 0.137 e. The monoisotopic (exact) mass is 306 g/mol. The fraction of sp³-hybridized carbons (Fsp3) is 0.591. The lowest BCUT2D eigenvalue weighted by atomic mass is 9.55. The number of hydrogen-bond donors (Lipinski definition) is 0. The van der Waals surface area contributed by atoms with Crippen LogP contribution in [-0.2, 0) is 24.1 Å². The van der Waals surface area contributed by atoms with E-state index in [0.29, 0.717) is 18.1 Å². The lowest BCUT2D eigenvalue weighted by molar-refractivity contribution is -0.118. The minimum absolute atomic E-state index is 0.0377. The van der Waals surface area contributed by atoms with Gasteiger partial charge in [0.2, 0.25) is 0 Å². The molecule has 0 heterocycles. The van der Waals surface area contributed by atoms with Crippen molar-refractivity contribution < 1.29 is 4.79 Å². The van der Waals surface area contributed by atoms with Gasteiger partial charge < -0.3 is 0 Å². The van der Waals surface area contributed by atoms with Gasteiger partial charge in [-0.25, -0.2) is 0 Å². The zero-order chi connectivity index (χ0) is 16.2. The average molecular weight is 306 g/mol. The molecule has 120 valence electrons. The summed E-state index contributed by atoms with van der Waals surface area (Å²) in [6.45, 7) is 4.65. The summed E-state index contributed by atoms with van der Waals surface area (Å²) in [5.41, 5.74) is 6.24. The highest BCUT2D eigenvalue weighted by molar-refractivity contribution is 5.83. The molecule has 1 saturated carbocycles. The summed E-state index contributed by atoms with van der Waals surface area (Å²) in [5.74, 6) is 4.20. The summed E-state index contributed by atoms with van der Waals surface area (Å²) in [4.78, 5) is 11.8. The first kappa shape index (κ1) is 15.0. The molecule has 0 bridgehead atoms. The highest BCUT2D eigenvalue weighted by Crippen LogP contribution is 2.66. The van der Waals surface area contributed by atoms with Gasteiger partial charge in [0, 0.05) is 18.3 Å².